The number of hydrogen-bond acceptors (Lipinski definition) is 5. The number of nitrogens with zero attached hydrogens (tertiary/aromatic N) is 2. The Morgan fingerprint density at radius 3 is 2.59 bits per heavy atom. The molecule has 0 unspecified atom stereocenters. The number of carbonyl (C=O) groups is 2. The van der Waals surface area contributed by atoms with Crippen LogP contribution in [0.2, 0.25) is 0 Å². The number of unbranched alkanes of at least 4 members (excludes halogenated alkanes) is 2. The van der Waals surface area contributed by atoms with Crippen molar-refractivity contribution >= 4 is 28.4 Å². The number of hydrogen-bond donors (Lipinski definition) is 3. The maximum atomic E-state index is 13.0. The third-order valence-electron chi connectivity index (χ3n) is 5.22. The highest BCUT2D eigenvalue weighted by Gasteiger charge is 2.42. The van der Waals surface area contributed by atoms with Gasteiger partial charge in [0.2, 0.25) is 5.13 Å². The highest BCUT2D eigenvalue weighted by atomic mass is 32.1. The Labute approximate surface area is 175 Å². The third kappa shape index (κ3) is 6.00. The minimum Gasteiger partial charge on any atom is -0.334 e. The van der Waals surface area contributed by atoms with Crippen LogP contribution in [0, 0.1) is 0 Å². The van der Waals surface area contributed by atoms with E-state index in [2.05, 4.69) is 33.1 Å². The number of aromatic nitrogens is 2. The molecule has 7 nitrogen and oxygen atoms in total. The Morgan fingerprint density at radius 1 is 1.10 bits per heavy atom. The summed E-state index contributed by atoms with van der Waals surface area (Å²) in [4.78, 5) is 25.5. The average Bonchev–Trinajstić information content (AvgIpc) is 3.38. The second kappa shape index (κ2) is 10.3. The lowest BCUT2D eigenvalue weighted by Gasteiger charge is -2.28. The summed E-state index contributed by atoms with van der Waals surface area (Å²) in [5.74, 6) is -0.207. The van der Waals surface area contributed by atoms with E-state index >= 15 is 0 Å². The first-order valence-corrected chi connectivity index (χ1v) is 11.2. The molecule has 0 atom stereocenters. The first kappa shape index (κ1) is 21.2. The monoisotopic (exact) mass is 415 g/mol. The fraction of sp³-hybridized carbons (Fsp3) is 0.524. The largest absolute Gasteiger partial charge is 0.334 e. The Hall–Kier alpha value is -2.48. The van der Waals surface area contributed by atoms with Crippen molar-refractivity contribution in [3.63, 3.8) is 0 Å². The van der Waals surface area contributed by atoms with Crippen LogP contribution in [0.4, 0.5) is 9.93 Å². The molecule has 1 aromatic heterocycles. The van der Waals surface area contributed by atoms with Gasteiger partial charge in [0.15, 0.2) is 0 Å². The molecule has 156 valence electrons. The first-order chi connectivity index (χ1) is 14.1. The summed E-state index contributed by atoms with van der Waals surface area (Å²) >= 11 is 1.41. The minimum atomic E-state index is -0.894. The van der Waals surface area contributed by atoms with Gasteiger partial charge in [-0.3, -0.25) is 10.1 Å². The summed E-state index contributed by atoms with van der Waals surface area (Å²) in [6, 6.07) is 9.36. The van der Waals surface area contributed by atoms with Crippen LogP contribution in [0.1, 0.15) is 62.4 Å². The Bertz CT molecular complexity index is 802. The van der Waals surface area contributed by atoms with E-state index in [0.717, 1.165) is 49.1 Å². The van der Waals surface area contributed by atoms with Crippen molar-refractivity contribution in [1.29, 1.82) is 0 Å². The van der Waals surface area contributed by atoms with Crippen molar-refractivity contribution in [2.24, 2.45) is 0 Å². The van der Waals surface area contributed by atoms with Gasteiger partial charge in [0, 0.05) is 13.0 Å². The van der Waals surface area contributed by atoms with E-state index < -0.39 is 5.54 Å². The number of urea groups is 1. The van der Waals surface area contributed by atoms with Gasteiger partial charge in [-0.25, -0.2) is 4.79 Å². The quantitative estimate of drug-likeness (QED) is 0.539. The van der Waals surface area contributed by atoms with Gasteiger partial charge in [-0.05, 0) is 24.8 Å². The fourth-order valence-electron chi connectivity index (χ4n) is 3.58. The zero-order chi connectivity index (χ0) is 20.5. The Morgan fingerprint density at radius 2 is 1.86 bits per heavy atom. The maximum Gasteiger partial charge on any atom is 0.315 e. The van der Waals surface area contributed by atoms with Crippen LogP contribution in [0.3, 0.4) is 0 Å². The van der Waals surface area contributed by atoms with Gasteiger partial charge in [-0.15, -0.1) is 10.2 Å². The molecule has 1 aliphatic rings. The van der Waals surface area contributed by atoms with Gasteiger partial charge in [-0.1, -0.05) is 74.3 Å². The molecule has 3 rings (SSSR count). The molecule has 1 saturated carbocycles. The van der Waals surface area contributed by atoms with Gasteiger partial charge < -0.3 is 10.6 Å². The molecule has 8 heteroatoms. The number of rotatable bonds is 9. The second-order valence-electron chi connectivity index (χ2n) is 7.49. The zero-order valence-corrected chi connectivity index (χ0v) is 17.7. The van der Waals surface area contributed by atoms with Crippen LogP contribution < -0.4 is 16.0 Å². The summed E-state index contributed by atoms with van der Waals surface area (Å²) in [6.45, 7) is 2.58. The highest BCUT2D eigenvalue weighted by Crippen LogP contribution is 2.31. The van der Waals surface area contributed by atoms with Crippen LogP contribution >= 0.6 is 11.3 Å². The SMILES string of the molecule is CCCCCc1nnc(NC(=O)C2(NC(=O)NCc3ccccc3)CCCC2)s1. The van der Waals surface area contributed by atoms with Crippen LogP contribution in [-0.2, 0) is 17.8 Å². The molecule has 0 spiro atoms. The fourth-order valence-corrected chi connectivity index (χ4v) is 4.35. The van der Waals surface area contributed by atoms with Gasteiger partial charge in [0.1, 0.15) is 10.5 Å². The molecule has 0 aliphatic heterocycles. The molecule has 0 bridgehead atoms. The second-order valence-corrected chi connectivity index (χ2v) is 8.56. The summed E-state index contributed by atoms with van der Waals surface area (Å²) in [5.41, 5.74) is 0.117. The van der Waals surface area contributed by atoms with E-state index in [1.54, 1.807) is 0 Å². The lowest BCUT2D eigenvalue weighted by molar-refractivity contribution is -0.121. The minimum absolute atomic E-state index is 0.207. The molecular weight excluding hydrogens is 386 g/mol. The molecule has 1 aliphatic carbocycles. The van der Waals surface area contributed by atoms with E-state index in [1.165, 1.54) is 11.3 Å². The van der Waals surface area contributed by atoms with Crippen LogP contribution in [-0.4, -0.2) is 27.7 Å². The topological polar surface area (TPSA) is 96.0 Å². The molecule has 3 N–H and O–H groups in total. The lowest BCUT2D eigenvalue weighted by atomic mass is 9.96. The van der Waals surface area contributed by atoms with E-state index in [0.29, 0.717) is 24.5 Å². The van der Waals surface area contributed by atoms with Crippen molar-refractivity contribution in [2.75, 3.05) is 5.32 Å². The number of benzene rings is 1. The highest BCUT2D eigenvalue weighted by molar-refractivity contribution is 7.15. The first-order valence-electron chi connectivity index (χ1n) is 10.3. The lowest BCUT2D eigenvalue weighted by Crippen LogP contribution is -2.57. The average molecular weight is 416 g/mol. The van der Waals surface area contributed by atoms with Crippen molar-refractivity contribution < 1.29 is 9.59 Å². The summed E-state index contributed by atoms with van der Waals surface area (Å²) in [6.07, 6.45) is 7.34. The summed E-state index contributed by atoms with van der Waals surface area (Å²) in [5, 5.41) is 18.4. The van der Waals surface area contributed by atoms with Gasteiger partial charge in [0.05, 0.1) is 0 Å². The number of carbonyl (C=O) groups excluding carboxylic acids is 2. The van der Waals surface area contributed by atoms with Crippen LogP contribution in [0.15, 0.2) is 30.3 Å². The van der Waals surface area contributed by atoms with Gasteiger partial charge in [0.25, 0.3) is 5.91 Å². The molecule has 1 fully saturated rings. The molecular formula is C21H29N5O2S. The zero-order valence-electron chi connectivity index (χ0n) is 16.9. The Balaban J connectivity index is 1.56. The normalized spacial score (nSPS) is 15.1. The molecule has 2 aromatic rings. The number of nitrogens with one attached hydrogen (secondary N) is 3. The molecule has 0 saturated heterocycles. The Kier molecular flexibility index (Phi) is 7.57. The number of aryl methyl sites for hydroxylation is 1. The molecule has 1 aromatic carbocycles. The van der Waals surface area contributed by atoms with Crippen molar-refractivity contribution in [3.05, 3.63) is 40.9 Å². The smallest absolute Gasteiger partial charge is 0.315 e. The molecule has 0 radical (unpaired) electrons. The number of amides is 3. The predicted octanol–water partition coefficient (Wildman–Crippen LogP) is 4.02. The molecule has 1 heterocycles. The van der Waals surface area contributed by atoms with Gasteiger partial charge in [-0.2, -0.15) is 0 Å². The van der Waals surface area contributed by atoms with Crippen molar-refractivity contribution in [3.8, 4) is 0 Å². The van der Waals surface area contributed by atoms with E-state index in [-0.39, 0.29) is 11.9 Å². The van der Waals surface area contributed by atoms with Gasteiger partial charge >= 0.3 is 6.03 Å². The molecule has 3 amide bonds. The van der Waals surface area contributed by atoms with Crippen LogP contribution in [0.5, 0.6) is 0 Å². The number of anilines is 1. The van der Waals surface area contributed by atoms with E-state index in [9.17, 15) is 9.59 Å². The predicted molar refractivity (Wildman–Crippen MR) is 115 cm³/mol. The van der Waals surface area contributed by atoms with E-state index in [1.807, 2.05) is 30.3 Å². The van der Waals surface area contributed by atoms with Crippen molar-refractivity contribution in [2.45, 2.75) is 70.4 Å². The summed E-state index contributed by atoms with van der Waals surface area (Å²) in [7, 11) is 0. The van der Waals surface area contributed by atoms with Crippen LogP contribution in [0.25, 0.3) is 0 Å². The molecule has 29 heavy (non-hydrogen) atoms. The third-order valence-corrected chi connectivity index (χ3v) is 6.12. The van der Waals surface area contributed by atoms with E-state index in [4.69, 9.17) is 0 Å². The standard InChI is InChI=1S/C21H29N5O2S/c1-2-3-5-12-17-25-26-20(29-17)23-18(27)21(13-8-9-14-21)24-19(28)22-15-16-10-6-4-7-11-16/h4,6-7,10-11H,2-3,5,8-9,12-15H2,1H3,(H2,22,24,28)(H,23,26,27). The summed E-state index contributed by atoms with van der Waals surface area (Å²) < 4.78 is 0. The van der Waals surface area contributed by atoms with Crippen molar-refractivity contribution in [1.82, 2.24) is 20.8 Å². The maximum absolute atomic E-state index is 13.0.